The van der Waals surface area contributed by atoms with Gasteiger partial charge < -0.3 is 0 Å². The number of carbonyl (C=O) groups excluding carboxylic acids is 1. The van der Waals surface area contributed by atoms with Crippen LogP contribution in [-0.4, -0.2) is 5.78 Å². The minimum Gasteiger partial charge on any atom is -0.288 e. The zero-order chi connectivity index (χ0) is 12.6. The second-order valence-electron chi connectivity index (χ2n) is 3.82. The van der Waals surface area contributed by atoms with Gasteiger partial charge in [0.2, 0.25) is 5.78 Å². The molecular formula is C13H10ClFOS. The first-order valence-corrected chi connectivity index (χ1v) is 6.25. The van der Waals surface area contributed by atoms with E-state index < -0.39 is 5.82 Å². The molecule has 88 valence electrons. The lowest BCUT2D eigenvalue weighted by Gasteiger charge is -2.04. The third-order valence-corrected chi connectivity index (χ3v) is 3.77. The molecule has 0 fully saturated rings. The number of carbonyl (C=O) groups is 1. The highest BCUT2D eigenvalue weighted by Crippen LogP contribution is 2.26. The molecule has 0 aliphatic rings. The van der Waals surface area contributed by atoms with Crippen molar-refractivity contribution in [1.29, 1.82) is 0 Å². The molecule has 0 N–H and O–H groups in total. The third kappa shape index (κ3) is 2.40. The Morgan fingerprint density at radius 2 is 2.00 bits per heavy atom. The Labute approximate surface area is 108 Å². The van der Waals surface area contributed by atoms with Crippen LogP contribution in [0.25, 0.3) is 0 Å². The van der Waals surface area contributed by atoms with Gasteiger partial charge in [0.15, 0.2) is 0 Å². The van der Waals surface area contributed by atoms with Crippen LogP contribution in [0.5, 0.6) is 0 Å². The normalized spacial score (nSPS) is 10.6. The van der Waals surface area contributed by atoms with Crippen molar-refractivity contribution in [3.63, 3.8) is 0 Å². The van der Waals surface area contributed by atoms with Gasteiger partial charge in [0.05, 0.1) is 9.90 Å². The average Bonchev–Trinajstić information content (AvgIpc) is 2.69. The fourth-order valence-corrected chi connectivity index (χ4v) is 2.58. The van der Waals surface area contributed by atoms with Gasteiger partial charge in [-0.25, -0.2) is 4.39 Å². The minimum atomic E-state index is -0.395. The minimum absolute atomic E-state index is 0.156. The molecule has 1 aromatic carbocycles. The maximum Gasteiger partial charge on any atom is 0.204 e. The van der Waals surface area contributed by atoms with Crippen LogP contribution >= 0.6 is 22.9 Å². The monoisotopic (exact) mass is 268 g/mol. The van der Waals surface area contributed by atoms with Gasteiger partial charge >= 0.3 is 0 Å². The second kappa shape index (κ2) is 4.59. The van der Waals surface area contributed by atoms with Gasteiger partial charge in [-0.2, -0.15) is 0 Å². The van der Waals surface area contributed by atoms with Crippen molar-refractivity contribution in [1.82, 2.24) is 0 Å². The lowest BCUT2D eigenvalue weighted by molar-refractivity contribution is 0.104. The van der Waals surface area contributed by atoms with Crippen molar-refractivity contribution in [2.75, 3.05) is 0 Å². The quantitative estimate of drug-likeness (QED) is 0.739. The van der Waals surface area contributed by atoms with E-state index in [0.717, 1.165) is 4.88 Å². The average molecular weight is 269 g/mol. The van der Waals surface area contributed by atoms with Crippen LogP contribution in [0.3, 0.4) is 0 Å². The van der Waals surface area contributed by atoms with Gasteiger partial charge in [-0.05, 0) is 43.7 Å². The fourth-order valence-electron chi connectivity index (χ4n) is 1.52. The number of thiophene rings is 1. The molecule has 0 atom stereocenters. The van der Waals surface area contributed by atoms with Crippen LogP contribution in [-0.2, 0) is 0 Å². The summed E-state index contributed by atoms with van der Waals surface area (Å²) in [7, 11) is 0. The number of hydrogen-bond donors (Lipinski definition) is 0. The number of rotatable bonds is 2. The Balaban J connectivity index is 2.47. The summed E-state index contributed by atoms with van der Waals surface area (Å²) in [6, 6.07) is 6.32. The van der Waals surface area contributed by atoms with E-state index in [-0.39, 0.29) is 10.8 Å². The molecule has 0 radical (unpaired) electrons. The lowest BCUT2D eigenvalue weighted by Crippen LogP contribution is -2.01. The van der Waals surface area contributed by atoms with Gasteiger partial charge in [-0.15, -0.1) is 11.3 Å². The van der Waals surface area contributed by atoms with Gasteiger partial charge in [0.1, 0.15) is 5.82 Å². The summed E-state index contributed by atoms with van der Waals surface area (Å²) in [6.07, 6.45) is 0. The van der Waals surface area contributed by atoms with Gasteiger partial charge in [-0.3, -0.25) is 4.79 Å². The van der Waals surface area contributed by atoms with Gasteiger partial charge in [0.25, 0.3) is 0 Å². The Kier molecular flexibility index (Phi) is 3.31. The van der Waals surface area contributed by atoms with Crippen LogP contribution < -0.4 is 0 Å². The van der Waals surface area contributed by atoms with Crippen molar-refractivity contribution >= 4 is 28.7 Å². The van der Waals surface area contributed by atoms with E-state index >= 15 is 0 Å². The van der Waals surface area contributed by atoms with Crippen molar-refractivity contribution in [2.45, 2.75) is 13.8 Å². The van der Waals surface area contributed by atoms with Crippen LogP contribution in [0.4, 0.5) is 4.39 Å². The van der Waals surface area contributed by atoms with Crippen LogP contribution in [0.2, 0.25) is 5.02 Å². The number of benzene rings is 1. The Morgan fingerprint density at radius 3 is 2.59 bits per heavy atom. The SMILES string of the molecule is Cc1ccc(C(=O)c2cc(C)c(F)cc2Cl)s1. The first kappa shape index (κ1) is 12.3. The lowest BCUT2D eigenvalue weighted by atomic mass is 10.1. The molecule has 1 aromatic heterocycles. The molecule has 4 heteroatoms. The van der Waals surface area contributed by atoms with E-state index in [2.05, 4.69) is 0 Å². The highest BCUT2D eigenvalue weighted by molar-refractivity contribution is 7.14. The summed E-state index contributed by atoms with van der Waals surface area (Å²) in [4.78, 5) is 13.8. The molecule has 2 aromatic rings. The van der Waals surface area contributed by atoms with E-state index in [1.165, 1.54) is 23.5 Å². The zero-order valence-electron chi connectivity index (χ0n) is 9.38. The van der Waals surface area contributed by atoms with E-state index in [0.29, 0.717) is 16.0 Å². The van der Waals surface area contributed by atoms with E-state index in [1.807, 2.05) is 13.0 Å². The fraction of sp³-hybridized carbons (Fsp3) is 0.154. The molecule has 0 spiro atoms. The summed E-state index contributed by atoms with van der Waals surface area (Å²) in [6.45, 7) is 3.54. The number of halogens is 2. The molecule has 0 aliphatic carbocycles. The highest BCUT2D eigenvalue weighted by Gasteiger charge is 2.16. The summed E-state index contributed by atoms with van der Waals surface area (Å²) in [5.41, 5.74) is 0.776. The predicted molar refractivity (Wildman–Crippen MR) is 68.6 cm³/mol. The van der Waals surface area contributed by atoms with Crippen molar-refractivity contribution in [2.24, 2.45) is 0 Å². The van der Waals surface area contributed by atoms with Crippen LogP contribution in [0.15, 0.2) is 24.3 Å². The van der Waals surface area contributed by atoms with Gasteiger partial charge in [0, 0.05) is 10.4 Å². The summed E-state index contributed by atoms with van der Waals surface area (Å²) in [5.74, 6) is -0.551. The maximum atomic E-state index is 13.2. The molecule has 0 saturated carbocycles. The second-order valence-corrected chi connectivity index (χ2v) is 5.52. The smallest absolute Gasteiger partial charge is 0.204 e. The highest BCUT2D eigenvalue weighted by atomic mass is 35.5. The Morgan fingerprint density at radius 1 is 1.29 bits per heavy atom. The number of ketones is 1. The first-order valence-electron chi connectivity index (χ1n) is 5.06. The molecule has 2 rings (SSSR count). The predicted octanol–water partition coefficient (Wildman–Crippen LogP) is 4.39. The Bertz CT molecular complexity index is 589. The van der Waals surface area contributed by atoms with E-state index in [1.54, 1.807) is 13.0 Å². The molecule has 1 nitrogen and oxygen atoms in total. The molecule has 0 amide bonds. The van der Waals surface area contributed by atoms with Gasteiger partial charge in [-0.1, -0.05) is 11.6 Å². The Hall–Kier alpha value is -1.19. The topological polar surface area (TPSA) is 17.1 Å². The molecule has 0 aliphatic heterocycles. The van der Waals surface area contributed by atoms with Crippen molar-refractivity contribution in [3.05, 3.63) is 56.0 Å². The summed E-state index contributed by atoms with van der Waals surface area (Å²) in [5, 5.41) is 0.157. The summed E-state index contributed by atoms with van der Waals surface area (Å²) >= 11 is 7.30. The largest absolute Gasteiger partial charge is 0.288 e. The molecule has 0 bridgehead atoms. The molecule has 1 heterocycles. The number of hydrogen-bond acceptors (Lipinski definition) is 2. The molecular weight excluding hydrogens is 259 g/mol. The van der Waals surface area contributed by atoms with Crippen molar-refractivity contribution < 1.29 is 9.18 Å². The molecule has 0 unspecified atom stereocenters. The standard InChI is InChI=1S/C13H10ClFOS/c1-7-5-9(10(14)6-11(7)15)13(16)12-4-3-8(2)17-12/h3-6H,1-2H3. The van der Waals surface area contributed by atoms with E-state index in [4.69, 9.17) is 11.6 Å². The summed E-state index contributed by atoms with van der Waals surface area (Å²) < 4.78 is 13.2. The molecule has 17 heavy (non-hydrogen) atoms. The zero-order valence-corrected chi connectivity index (χ0v) is 11.0. The van der Waals surface area contributed by atoms with Crippen LogP contribution in [0.1, 0.15) is 25.7 Å². The van der Waals surface area contributed by atoms with E-state index in [9.17, 15) is 9.18 Å². The molecule has 0 saturated heterocycles. The van der Waals surface area contributed by atoms with Crippen LogP contribution in [0, 0.1) is 19.7 Å². The third-order valence-electron chi connectivity index (χ3n) is 2.46. The first-order chi connectivity index (χ1) is 7.99. The maximum absolute atomic E-state index is 13.2. The number of aryl methyl sites for hydroxylation is 2. The van der Waals surface area contributed by atoms with Crippen molar-refractivity contribution in [3.8, 4) is 0 Å².